The first-order valence-corrected chi connectivity index (χ1v) is 9.35. The lowest BCUT2D eigenvalue weighted by atomic mass is 10.2. The fourth-order valence-corrected chi connectivity index (χ4v) is 3.92. The van der Waals surface area contributed by atoms with Crippen molar-refractivity contribution in [1.82, 2.24) is 0 Å². The summed E-state index contributed by atoms with van der Waals surface area (Å²) >= 11 is 1.99. The molecule has 0 N–H and O–H groups in total. The predicted octanol–water partition coefficient (Wildman–Crippen LogP) is 6.53. The van der Waals surface area contributed by atoms with Crippen LogP contribution < -0.4 is 4.90 Å². The van der Waals surface area contributed by atoms with Crippen LogP contribution in [-0.4, -0.2) is 5.88 Å². The number of nitrogens with zero attached hydrogens (tertiary/aromatic N) is 1. The van der Waals surface area contributed by atoms with E-state index in [9.17, 15) is 0 Å². The summed E-state index contributed by atoms with van der Waals surface area (Å²) in [7, 11) is 0. The molecule has 0 bridgehead atoms. The maximum absolute atomic E-state index is 2.45. The minimum atomic E-state index is 1.08. The minimum absolute atomic E-state index is 1.08. The van der Waals surface area contributed by atoms with Crippen LogP contribution in [0.15, 0.2) is 65.2 Å². The second-order valence-corrected chi connectivity index (χ2v) is 6.81. The van der Waals surface area contributed by atoms with Crippen molar-refractivity contribution in [1.29, 1.82) is 0 Å². The van der Waals surface area contributed by atoms with Crippen LogP contribution in [0.5, 0.6) is 0 Å². The van der Waals surface area contributed by atoms with Gasteiger partial charge in [-0.3, -0.25) is 0 Å². The first-order chi connectivity index (χ1) is 11.2. The van der Waals surface area contributed by atoms with Gasteiger partial charge in [-0.25, -0.2) is 0 Å². The maximum atomic E-state index is 2.45. The molecule has 0 saturated carbocycles. The monoisotopic (exact) mass is 325 g/mol. The van der Waals surface area contributed by atoms with Gasteiger partial charge in [0, 0.05) is 16.3 Å². The standard InChI is InChI=1S/C14H19NS.C7H8/c1-4-13-14(5-2)16-10-15(13)12-8-6-7-11(3)9-12;1-7-5-3-2-4-6-7/h6-9H,4-5,10H2,1-3H3;2-6H,1H3. The summed E-state index contributed by atoms with van der Waals surface area (Å²) in [6.45, 7) is 8.74. The Bertz CT molecular complexity index is 646. The molecule has 2 heteroatoms. The highest BCUT2D eigenvalue weighted by Gasteiger charge is 2.21. The lowest BCUT2D eigenvalue weighted by molar-refractivity contribution is 0.953. The van der Waals surface area contributed by atoms with E-state index in [4.69, 9.17) is 0 Å². The van der Waals surface area contributed by atoms with Gasteiger partial charge in [-0.1, -0.05) is 61.9 Å². The van der Waals surface area contributed by atoms with Crippen LogP contribution in [-0.2, 0) is 0 Å². The largest absolute Gasteiger partial charge is 0.334 e. The average Bonchev–Trinajstić information content (AvgIpc) is 2.99. The smallest absolute Gasteiger partial charge is 0.0729 e. The van der Waals surface area contributed by atoms with Gasteiger partial charge in [0.15, 0.2) is 0 Å². The molecule has 0 aromatic heterocycles. The molecule has 1 aliphatic heterocycles. The molecule has 1 nitrogen and oxygen atoms in total. The zero-order chi connectivity index (χ0) is 16.7. The minimum Gasteiger partial charge on any atom is -0.334 e. The molecular weight excluding hydrogens is 298 g/mol. The van der Waals surface area contributed by atoms with E-state index in [1.807, 2.05) is 30.0 Å². The fraction of sp³-hybridized carbons (Fsp3) is 0.333. The van der Waals surface area contributed by atoms with Crippen molar-refractivity contribution in [2.75, 3.05) is 10.8 Å². The SMILES string of the molecule is CCC1=C(CC)N(c2cccc(C)c2)CS1.Cc1ccccc1. The Kier molecular flexibility index (Phi) is 6.79. The van der Waals surface area contributed by atoms with Crippen LogP contribution in [0.3, 0.4) is 0 Å². The van der Waals surface area contributed by atoms with Crippen LogP contribution in [0.4, 0.5) is 5.69 Å². The number of allylic oxidation sites excluding steroid dienone is 2. The zero-order valence-electron chi connectivity index (χ0n) is 14.7. The first-order valence-electron chi connectivity index (χ1n) is 8.36. The molecule has 2 aromatic rings. The second kappa shape index (κ2) is 8.83. The Morgan fingerprint density at radius 2 is 1.57 bits per heavy atom. The Balaban J connectivity index is 0.000000229. The number of benzene rings is 2. The fourth-order valence-electron chi connectivity index (χ4n) is 2.71. The summed E-state index contributed by atoms with van der Waals surface area (Å²) in [5.74, 6) is 1.08. The normalized spacial score (nSPS) is 13.8. The zero-order valence-corrected chi connectivity index (χ0v) is 15.5. The van der Waals surface area contributed by atoms with Crippen LogP contribution in [0.25, 0.3) is 0 Å². The molecule has 0 spiro atoms. The van der Waals surface area contributed by atoms with Crippen molar-refractivity contribution >= 4 is 17.4 Å². The molecule has 1 heterocycles. The summed E-state index contributed by atoms with van der Waals surface area (Å²) in [5.41, 5.74) is 5.51. The number of aryl methyl sites for hydroxylation is 2. The van der Waals surface area contributed by atoms with E-state index in [-0.39, 0.29) is 0 Å². The molecule has 23 heavy (non-hydrogen) atoms. The molecule has 0 amide bonds. The third kappa shape index (κ3) is 4.90. The van der Waals surface area contributed by atoms with Gasteiger partial charge in [-0.2, -0.15) is 0 Å². The van der Waals surface area contributed by atoms with Crippen molar-refractivity contribution in [3.8, 4) is 0 Å². The number of hydrogen-bond acceptors (Lipinski definition) is 2. The van der Waals surface area contributed by atoms with Crippen LogP contribution in [0.2, 0.25) is 0 Å². The molecule has 3 rings (SSSR count). The topological polar surface area (TPSA) is 3.24 Å². The van der Waals surface area contributed by atoms with Gasteiger partial charge in [0.05, 0.1) is 5.88 Å². The van der Waals surface area contributed by atoms with Gasteiger partial charge in [0.2, 0.25) is 0 Å². The molecule has 0 unspecified atom stereocenters. The first kappa shape index (κ1) is 17.7. The quantitative estimate of drug-likeness (QED) is 0.631. The highest BCUT2D eigenvalue weighted by molar-refractivity contribution is 8.03. The van der Waals surface area contributed by atoms with Crippen molar-refractivity contribution in [3.05, 3.63) is 76.3 Å². The van der Waals surface area contributed by atoms with Gasteiger partial charge < -0.3 is 4.90 Å². The summed E-state index contributed by atoms with van der Waals surface area (Å²) in [6.07, 6.45) is 2.29. The second-order valence-electron chi connectivity index (χ2n) is 5.77. The van der Waals surface area contributed by atoms with Crippen molar-refractivity contribution in [2.24, 2.45) is 0 Å². The van der Waals surface area contributed by atoms with E-state index in [1.165, 1.54) is 22.5 Å². The number of thioether (sulfide) groups is 1. The third-order valence-corrected chi connectivity index (χ3v) is 5.19. The number of hydrogen-bond donors (Lipinski definition) is 0. The van der Waals surface area contributed by atoms with Crippen LogP contribution >= 0.6 is 11.8 Å². The summed E-state index contributed by atoms with van der Waals surface area (Å²) in [4.78, 5) is 4.01. The molecule has 0 radical (unpaired) electrons. The summed E-state index contributed by atoms with van der Waals surface area (Å²) < 4.78 is 0. The van der Waals surface area contributed by atoms with E-state index in [0.717, 1.165) is 18.7 Å². The van der Waals surface area contributed by atoms with Crippen molar-refractivity contribution in [2.45, 2.75) is 40.5 Å². The molecule has 0 atom stereocenters. The van der Waals surface area contributed by atoms with Gasteiger partial charge in [0.1, 0.15) is 0 Å². The van der Waals surface area contributed by atoms with Gasteiger partial charge >= 0.3 is 0 Å². The van der Waals surface area contributed by atoms with E-state index >= 15 is 0 Å². The van der Waals surface area contributed by atoms with Gasteiger partial charge in [-0.05, 0) is 44.4 Å². The third-order valence-electron chi connectivity index (χ3n) is 3.93. The molecular formula is C21H27NS. The Hall–Kier alpha value is -1.67. The molecule has 0 fully saturated rings. The summed E-state index contributed by atoms with van der Waals surface area (Å²) in [6, 6.07) is 19.0. The van der Waals surface area contributed by atoms with Gasteiger partial charge in [-0.15, -0.1) is 11.8 Å². The highest BCUT2D eigenvalue weighted by Crippen LogP contribution is 2.38. The van der Waals surface area contributed by atoms with Crippen molar-refractivity contribution < 1.29 is 0 Å². The molecule has 1 aliphatic rings. The Morgan fingerprint density at radius 1 is 0.870 bits per heavy atom. The predicted molar refractivity (Wildman–Crippen MR) is 105 cm³/mol. The van der Waals surface area contributed by atoms with E-state index < -0.39 is 0 Å². The lowest BCUT2D eigenvalue weighted by Gasteiger charge is -2.21. The van der Waals surface area contributed by atoms with Gasteiger partial charge in [0.25, 0.3) is 0 Å². The lowest BCUT2D eigenvalue weighted by Crippen LogP contribution is -2.17. The number of rotatable bonds is 3. The highest BCUT2D eigenvalue weighted by atomic mass is 32.2. The summed E-state index contributed by atoms with van der Waals surface area (Å²) in [5, 5.41) is 0. The average molecular weight is 326 g/mol. The van der Waals surface area contributed by atoms with E-state index in [1.54, 1.807) is 4.91 Å². The number of anilines is 1. The molecule has 0 saturated heterocycles. The van der Waals surface area contributed by atoms with E-state index in [0.29, 0.717) is 0 Å². The Labute approximate surface area is 145 Å². The Morgan fingerprint density at radius 3 is 2.09 bits per heavy atom. The van der Waals surface area contributed by atoms with E-state index in [2.05, 4.69) is 69.0 Å². The van der Waals surface area contributed by atoms with Crippen molar-refractivity contribution in [3.63, 3.8) is 0 Å². The van der Waals surface area contributed by atoms with Crippen LogP contribution in [0, 0.1) is 13.8 Å². The molecule has 122 valence electrons. The maximum Gasteiger partial charge on any atom is 0.0729 e. The van der Waals surface area contributed by atoms with Crippen LogP contribution in [0.1, 0.15) is 37.8 Å². The molecule has 2 aromatic carbocycles. The molecule has 0 aliphatic carbocycles.